The molecule has 0 aliphatic heterocycles. The van der Waals surface area contributed by atoms with Crippen molar-refractivity contribution >= 4 is 19.3 Å². The molecular weight excluding hydrogens is 267 g/mol. The topological polar surface area (TPSA) is 83.8 Å². The van der Waals surface area contributed by atoms with E-state index in [1.165, 1.54) is 6.08 Å². The summed E-state index contributed by atoms with van der Waals surface area (Å²) in [4.78, 5) is 28.4. The first-order valence-electron chi connectivity index (χ1n) is 5.45. The van der Waals surface area contributed by atoms with Crippen LogP contribution >= 0.6 is 7.82 Å². The van der Waals surface area contributed by atoms with Gasteiger partial charge >= 0.3 is 7.82 Å². The Bertz CT molecular complexity index is 632. The van der Waals surface area contributed by atoms with Crippen LogP contribution in [0.4, 0.5) is 0 Å². The molecule has 0 spiro atoms. The predicted molar refractivity (Wildman–Crippen MR) is 69.5 cm³/mol. The van der Waals surface area contributed by atoms with Gasteiger partial charge in [-0.1, -0.05) is 30.3 Å². The summed E-state index contributed by atoms with van der Waals surface area (Å²) in [7, 11) is -4.60. The Balaban J connectivity index is 2.35. The van der Waals surface area contributed by atoms with Crippen molar-refractivity contribution in [1.82, 2.24) is 0 Å². The van der Waals surface area contributed by atoms with Crippen LogP contribution in [0.3, 0.4) is 0 Å². The normalized spacial score (nSPS) is 15.4. The Morgan fingerprint density at radius 1 is 1.16 bits per heavy atom. The minimum absolute atomic E-state index is 0.00926. The Hall–Kier alpha value is -1.90. The van der Waals surface area contributed by atoms with Crippen LogP contribution in [0.5, 0.6) is 0 Å². The lowest BCUT2D eigenvalue weighted by Gasteiger charge is -2.17. The number of benzene rings is 1. The molecule has 0 unspecified atom stereocenters. The highest BCUT2D eigenvalue weighted by atomic mass is 31.2. The molecule has 19 heavy (non-hydrogen) atoms. The number of hydrogen-bond donors (Lipinski definition) is 2. The lowest BCUT2D eigenvalue weighted by Crippen LogP contribution is -2.01. The third kappa shape index (κ3) is 3.53. The smallest absolute Gasteiger partial charge is 0.408 e. The third-order valence-electron chi connectivity index (χ3n) is 2.56. The Morgan fingerprint density at radius 2 is 1.84 bits per heavy atom. The maximum absolute atomic E-state index is 11.0. The van der Waals surface area contributed by atoms with Crippen molar-refractivity contribution in [1.29, 1.82) is 0 Å². The molecule has 1 aromatic rings. The van der Waals surface area contributed by atoms with Crippen LogP contribution in [0, 0.1) is 0 Å². The highest BCUT2D eigenvalue weighted by molar-refractivity contribution is 7.46. The van der Waals surface area contributed by atoms with Crippen LogP contribution in [0.25, 0.3) is 5.57 Å². The molecule has 1 aromatic carbocycles. The van der Waals surface area contributed by atoms with Crippen LogP contribution in [0.2, 0.25) is 0 Å². The van der Waals surface area contributed by atoms with E-state index < -0.39 is 7.82 Å². The first-order valence-corrected chi connectivity index (χ1v) is 6.98. The van der Waals surface area contributed by atoms with E-state index in [9.17, 15) is 9.36 Å². The van der Waals surface area contributed by atoms with Crippen molar-refractivity contribution in [2.45, 2.75) is 6.42 Å². The largest absolute Gasteiger partial charge is 0.524 e. The molecule has 0 amide bonds. The van der Waals surface area contributed by atoms with Crippen molar-refractivity contribution in [3.05, 3.63) is 59.4 Å². The standard InChI is InChI=1S/C13H11O5P/c14-9-11-8-12(18-19(15,16)17)6-7-13(11)10-4-2-1-3-5-10/h1-7H,8H2,(H2,15,16,17). The molecule has 0 saturated carbocycles. The monoisotopic (exact) mass is 278 g/mol. The fourth-order valence-electron chi connectivity index (χ4n) is 1.80. The number of hydrogen-bond acceptors (Lipinski definition) is 3. The highest BCUT2D eigenvalue weighted by Crippen LogP contribution is 2.42. The Kier molecular flexibility index (Phi) is 3.84. The van der Waals surface area contributed by atoms with Crippen molar-refractivity contribution in [2.75, 3.05) is 0 Å². The van der Waals surface area contributed by atoms with Gasteiger partial charge in [0.2, 0.25) is 0 Å². The first-order chi connectivity index (χ1) is 8.99. The van der Waals surface area contributed by atoms with E-state index in [1.807, 2.05) is 30.3 Å². The van der Waals surface area contributed by atoms with Crippen LogP contribution in [0.1, 0.15) is 12.0 Å². The van der Waals surface area contributed by atoms with Gasteiger partial charge in [0.05, 0.1) is 5.57 Å². The lowest BCUT2D eigenvalue weighted by molar-refractivity contribution is 0.239. The fraction of sp³-hybridized carbons (Fsp3) is 0.0769. The molecule has 0 fully saturated rings. The molecule has 1 aliphatic rings. The minimum Gasteiger partial charge on any atom is -0.408 e. The predicted octanol–water partition coefficient (Wildman–Crippen LogP) is 2.22. The molecule has 2 N–H and O–H groups in total. The maximum Gasteiger partial charge on any atom is 0.524 e. The summed E-state index contributed by atoms with van der Waals surface area (Å²) < 4.78 is 15.2. The average molecular weight is 278 g/mol. The number of phosphoric acid groups is 1. The number of phosphoric ester groups is 1. The number of allylic oxidation sites excluding steroid dienone is 4. The van der Waals surface area contributed by atoms with E-state index in [0.717, 1.165) is 5.56 Å². The summed E-state index contributed by atoms with van der Waals surface area (Å²) in [5.41, 5.74) is 1.82. The zero-order chi connectivity index (χ0) is 13.9. The van der Waals surface area contributed by atoms with E-state index in [2.05, 4.69) is 4.52 Å². The maximum atomic E-state index is 11.0. The Morgan fingerprint density at radius 3 is 2.42 bits per heavy atom. The molecule has 6 heteroatoms. The quantitative estimate of drug-likeness (QED) is 0.654. The van der Waals surface area contributed by atoms with Crippen LogP contribution in [-0.2, 0) is 13.9 Å². The SMILES string of the molecule is O=C=C1CC(OP(=O)(O)O)=CC=C1c1ccccc1. The van der Waals surface area contributed by atoms with Gasteiger partial charge in [0.25, 0.3) is 0 Å². The molecule has 2 rings (SSSR count). The molecule has 0 bridgehead atoms. The molecule has 0 aromatic heterocycles. The third-order valence-corrected chi connectivity index (χ3v) is 3.03. The second-order valence-corrected chi connectivity index (χ2v) is 5.08. The second kappa shape index (κ2) is 5.39. The van der Waals surface area contributed by atoms with Gasteiger partial charge in [-0.05, 0) is 23.3 Å². The molecule has 0 saturated heterocycles. The number of rotatable bonds is 3. The van der Waals surface area contributed by atoms with E-state index in [-0.39, 0.29) is 12.2 Å². The van der Waals surface area contributed by atoms with Crippen LogP contribution in [0.15, 0.2) is 53.8 Å². The van der Waals surface area contributed by atoms with Gasteiger partial charge in [0.15, 0.2) is 0 Å². The average Bonchev–Trinajstić information content (AvgIpc) is 2.37. The van der Waals surface area contributed by atoms with E-state index >= 15 is 0 Å². The zero-order valence-electron chi connectivity index (χ0n) is 9.81. The molecular formula is C13H11O5P. The zero-order valence-corrected chi connectivity index (χ0v) is 10.7. The molecule has 0 heterocycles. The minimum atomic E-state index is -4.60. The van der Waals surface area contributed by atoms with Gasteiger partial charge in [-0.3, -0.25) is 9.79 Å². The lowest BCUT2D eigenvalue weighted by atomic mass is 9.92. The van der Waals surface area contributed by atoms with Gasteiger partial charge < -0.3 is 4.52 Å². The van der Waals surface area contributed by atoms with Gasteiger partial charge in [-0.15, -0.1) is 0 Å². The first kappa shape index (κ1) is 13.5. The summed E-state index contributed by atoms with van der Waals surface area (Å²) >= 11 is 0. The Labute approximate surface area is 109 Å². The van der Waals surface area contributed by atoms with Gasteiger partial charge in [0, 0.05) is 6.42 Å². The van der Waals surface area contributed by atoms with Crippen LogP contribution < -0.4 is 0 Å². The molecule has 0 atom stereocenters. The molecule has 98 valence electrons. The molecule has 0 radical (unpaired) electrons. The molecule has 5 nitrogen and oxygen atoms in total. The van der Waals surface area contributed by atoms with Crippen molar-refractivity contribution in [3.8, 4) is 0 Å². The fourth-order valence-corrected chi connectivity index (χ4v) is 2.23. The van der Waals surface area contributed by atoms with Gasteiger partial charge in [-0.2, -0.15) is 0 Å². The van der Waals surface area contributed by atoms with Gasteiger partial charge in [0.1, 0.15) is 11.7 Å². The number of carbonyl (C=O) groups excluding carboxylic acids is 1. The van der Waals surface area contributed by atoms with E-state index in [0.29, 0.717) is 11.1 Å². The summed E-state index contributed by atoms with van der Waals surface area (Å²) in [6.45, 7) is 0. The highest BCUT2D eigenvalue weighted by Gasteiger charge is 2.22. The van der Waals surface area contributed by atoms with Crippen molar-refractivity contribution in [2.24, 2.45) is 0 Å². The van der Waals surface area contributed by atoms with E-state index in [1.54, 1.807) is 12.0 Å². The summed E-state index contributed by atoms with van der Waals surface area (Å²) in [6.07, 6.45) is 3.04. The van der Waals surface area contributed by atoms with E-state index in [4.69, 9.17) is 9.79 Å². The summed E-state index contributed by atoms with van der Waals surface area (Å²) in [6, 6.07) is 9.21. The summed E-state index contributed by atoms with van der Waals surface area (Å²) in [5.74, 6) is 1.84. The van der Waals surface area contributed by atoms with Crippen molar-refractivity contribution in [3.63, 3.8) is 0 Å². The van der Waals surface area contributed by atoms with Crippen LogP contribution in [-0.4, -0.2) is 15.7 Å². The van der Waals surface area contributed by atoms with Crippen molar-refractivity contribution < 1.29 is 23.7 Å². The van der Waals surface area contributed by atoms with Gasteiger partial charge in [-0.25, -0.2) is 9.36 Å². The summed E-state index contributed by atoms with van der Waals surface area (Å²) in [5, 5.41) is 0. The second-order valence-electron chi connectivity index (χ2n) is 3.92. The molecule has 1 aliphatic carbocycles.